The number of hydrogen-bond acceptors (Lipinski definition) is 5. The Kier molecular flexibility index (Phi) is 4.18. The number of carbonyl (C=O) groups excluding carboxylic acids is 2. The Hall–Kier alpha value is -2.24. The Morgan fingerprint density at radius 1 is 1.27 bits per heavy atom. The van der Waals surface area contributed by atoms with Crippen molar-refractivity contribution in [2.75, 3.05) is 19.9 Å². The van der Waals surface area contributed by atoms with E-state index in [0.29, 0.717) is 17.1 Å². The largest absolute Gasteiger partial charge is 0.454 e. The molecule has 0 aromatic heterocycles. The van der Waals surface area contributed by atoms with Crippen molar-refractivity contribution >= 4 is 11.9 Å². The number of esters is 1. The Bertz CT molecular complexity index is 586. The van der Waals surface area contributed by atoms with Gasteiger partial charge in [0.2, 0.25) is 6.79 Å². The summed E-state index contributed by atoms with van der Waals surface area (Å²) in [4.78, 5) is 25.9. The minimum absolute atomic E-state index is 0.138. The maximum atomic E-state index is 12.1. The number of nitrogens with zero attached hydrogens (tertiary/aromatic N) is 1. The van der Waals surface area contributed by atoms with Crippen molar-refractivity contribution in [2.45, 2.75) is 32.2 Å². The van der Waals surface area contributed by atoms with Gasteiger partial charge in [-0.05, 0) is 44.4 Å². The molecule has 3 rings (SSSR count). The van der Waals surface area contributed by atoms with Gasteiger partial charge in [-0.1, -0.05) is 0 Å². The van der Waals surface area contributed by atoms with Gasteiger partial charge in [-0.15, -0.1) is 0 Å². The van der Waals surface area contributed by atoms with Crippen LogP contribution in [-0.2, 0) is 9.53 Å². The van der Waals surface area contributed by atoms with Crippen molar-refractivity contribution in [3.05, 3.63) is 23.8 Å². The van der Waals surface area contributed by atoms with Gasteiger partial charge in [0, 0.05) is 12.6 Å². The quantitative estimate of drug-likeness (QED) is 0.799. The molecule has 1 amide bonds. The molecule has 1 saturated heterocycles. The third-order valence-corrected chi connectivity index (χ3v) is 4.06. The summed E-state index contributed by atoms with van der Waals surface area (Å²) in [6.07, 6.45) is 3.15. The summed E-state index contributed by atoms with van der Waals surface area (Å²) in [6, 6.07) is 5.04. The van der Waals surface area contributed by atoms with Crippen LogP contribution < -0.4 is 9.47 Å². The summed E-state index contributed by atoms with van der Waals surface area (Å²) in [6.45, 7) is 2.69. The highest BCUT2D eigenvalue weighted by molar-refractivity contribution is 5.92. The fourth-order valence-corrected chi connectivity index (χ4v) is 2.79. The number of amides is 1. The highest BCUT2D eigenvalue weighted by atomic mass is 16.7. The monoisotopic (exact) mass is 305 g/mol. The van der Waals surface area contributed by atoms with E-state index in [-0.39, 0.29) is 25.3 Å². The van der Waals surface area contributed by atoms with Crippen LogP contribution in [0.4, 0.5) is 0 Å². The zero-order valence-corrected chi connectivity index (χ0v) is 12.5. The molecule has 0 aliphatic carbocycles. The molecule has 1 aromatic carbocycles. The van der Waals surface area contributed by atoms with Crippen molar-refractivity contribution in [1.82, 2.24) is 4.90 Å². The predicted octanol–water partition coefficient (Wildman–Crippen LogP) is 1.97. The molecule has 22 heavy (non-hydrogen) atoms. The lowest BCUT2D eigenvalue weighted by atomic mass is 10.0. The Balaban J connectivity index is 1.57. The van der Waals surface area contributed by atoms with Crippen LogP contribution in [0.2, 0.25) is 0 Å². The zero-order chi connectivity index (χ0) is 15.5. The van der Waals surface area contributed by atoms with E-state index in [1.807, 2.05) is 6.92 Å². The van der Waals surface area contributed by atoms with E-state index in [1.54, 1.807) is 23.1 Å². The van der Waals surface area contributed by atoms with Crippen LogP contribution in [0.25, 0.3) is 0 Å². The topological polar surface area (TPSA) is 65.1 Å². The van der Waals surface area contributed by atoms with Gasteiger partial charge in [-0.25, -0.2) is 4.79 Å². The van der Waals surface area contributed by atoms with Crippen molar-refractivity contribution in [3.63, 3.8) is 0 Å². The number of carbonyl (C=O) groups is 2. The number of benzene rings is 1. The average molecular weight is 305 g/mol. The number of ether oxygens (including phenoxy) is 3. The maximum Gasteiger partial charge on any atom is 0.338 e. The molecule has 6 nitrogen and oxygen atoms in total. The first-order chi connectivity index (χ1) is 10.6. The number of fused-ring (bicyclic) bond motifs is 1. The molecule has 0 radical (unpaired) electrons. The fourth-order valence-electron chi connectivity index (χ4n) is 2.79. The molecule has 1 fully saturated rings. The molecule has 0 spiro atoms. The molecule has 2 heterocycles. The molecular weight excluding hydrogens is 286 g/mol. The van der Waals surface area contributed by atoms with Gasteiger partial charge in [0.05, 0.1) is 5.56 Å². The number of rotatable bonds is 3. The molecule has 0 saturated carbocycles. The third-order valence-electron chi connectivity index (χ3n) is 4.06. The second-order valence-electron chi connectivity index (χ2n) is 5.58. The SMILES string of the molecule is C[C@H]1CCCCN1C(=O)COC(=O)c1ccc2c(c1)OCO2. The van der Waals surface area contributed by atoms with Gasteiger partial charge >= 0.3 is 5.97 Å². The standard InChI is InChI=1S/C16H19NO5/c1-11-4-2-3-7-17(11)15(18)9-20-16(19)12-5-6-13-14(8-12)22-10-21-13/h5-6,8,11H,2-4,7,9-10H2,1H3/t11-/m0/s1. The van der Waals surface area contributed by atoms with E-state index < -0.39 is 5.97 Å². The smallest absolute Gasteiger partial charge is 0.338 e. The Morgan fingerprint density at radius 2 is 2.09 bits per heavy atom. The van der Waals surface area contributed by atoms with Crippen LogP contribution in [0.1, 0.15) is 36.5 Å². The van der Waals surface area contributed by atoms with Crippen LogP contribution >= 0.6 is 0 Å². The van der Waals surface area contributed by atoms with E-state index in [2.05, 4.69) is 0 Å². The van der Waals surface area contributed by atoms with E-state index in [1.165, 1.54) is 0 Å². The first kappa shape index (κ1) is 14.7. The molecule has 6 heteroatoms. The third kappa shape index (κ3) is 3.00. The van der Waals surface area contributed by atoms with Crippen molar-refractivity contribution < 1.29 is 23.8 Å². The van der Waals surface area contributed by atoms with Gasteiger partial charge in [0.15, 0.2) is 18.1 Å². The zero-order valence-electron chi connectivity index (χ0n) is 12.5. The average Bonchev–Trinajstić information content (AvgIpc) is 3.00. The molecule has 118 valence electrons. The molecular formula is C16H19NO5. The first-order valence-corrected chi connectivity index (χ1v) is 7.51. The van der Waals surface area contributed by atoms with Gasteiger partial charge in [-0.3, -0.25) is 4.79 Å². The molecule has 2 aliphatic heterocycles. The number of likely N-dealkylation sites (tertiary alicyclic amines) is 1. The van der Waals surface area contributed by atoms with Gasteiger partial charge in [-0.2, -0.15) is 0 Å². The van der Waals surface area contributed by atoms with Crippen LogP contribution in [0.5, 0.6) is 11.5 Å². The van der Waals surface area contributed by atoms with Crippen LogP contribution in [-0.4, -0.2) is 42.8 Å². The van der Waals surface area contributed by atoms with Crippen molar-refractivity contribution in [3.8, 4) is 11.5 Å². The van der Waals surface area contributed by atoms with Gasteiger partial charge in [0.1, 0.15) is 0 Å². The summed E-state index contributed by atoms with van der Waals surface area (Å²) < 4.78 is 15.5. The van der Waals surface area contributed by atoms with E-state index >= 15 is 0 Å². The highest BCUT2D eigenvalue weighted by Gasteiger charge is 2.24. The van der Waals surface area contributed by atoms with E-state index in [0.717, 1.165) is 25.8 Å². The van der Waals surface area contributed by atoms with Crippen molar-refractivity contribution in [1.29, 1.82) is 0 Å². The van der Waals surface area contributed by atoms with Crippen LogP contribution in [0.3, 0.4) is 0 Å². The highest BCUT2D eigenvalue weighted by Crippen LogP contribution is 2.32. The van der Waals surface area contributed by atoms with E-state index in [9.17, 15) is 9.59 Å². The molecule has 0 N–H and O–H groups in total. The summed E-state index contributed by atoms with van der Waals surface area (Å²) >= 11 is 0. The normalized spacial score (nSPS) is 19.9. The summed E-state index contributed by atoms with van der Waals surface area (Å²) in [5.74, 6) is 0.456. The van der Waals surface area contributed by atoms with Gasteiger partial charge in [0.25, 0.3) is 5.91 Å². The summed E-state index contributed by atoms with van der Waals surface area (Å²) in [5, 5.41) is 0. The predicted molar refractivity (Wildman–Crippen MR) is 77.9 cm³/mol. The molecule has 0 unspecified atom stereocenters. The maximum absolute atomic E-state index is 12.1. The molecule has 2 aliphatic rings. The summed E-state index contributed by atoms with van der Waals surface area (Å²) in [5.41, 5.74) is 0.351. The lowest BCUT2D eigenvalue weighted by molar-refractivity contribution is -0.137. The minimum Gasteiger partial charge on any atom is -0.454 e. The van der Waals surface area contributed by atoms with E-state index in [4.69, 9.17) is 14.2 Å². The Labute approximate surface area is 128 Å². The molecule has 0 bridgehead atoms. The fraction of sp³-hybridized carbons (Fsp3) is 0.500. The molecule has 1 atom stereocenters. The molecule has 1 aromatic rings. The lowest BCUT2D eigenvalue weighted by Crippen LogP contribution is -2.44. The van der Waals surface area contributed by atoms with Crippen LogP contribution in [0, 0.1) is 0 Å². The second-order valence-corrected chi connectivity index (χ2v) is 5.58. The summed E-state index contributed by atoms with van der Waals surface area (Å²) in [7, 11) is 0. The Morgan fingerprint density at radius 3 is 2.91 bits per heavy atom. The van der Waals surface area contributed by atoms with Gasteiger partial charge < -0.3 is 19.1 Å². The lowest BCUT2D eigenvalue weighted by Gasteiger charge is -2.33. The second kappa shape index (κ2) is 6.25. The minimum atomic E-state index is -0.531. The number of piperidine rings is 1. The number of hydrogen-bond donors (Lipinski definition) is 0. The first-order valence-electron chi connectivity index (χ1n) is 7.51. The van der Waals surface area contributed by atoms with Crippen LogP contribution in [0.15, 0.2) is 18.2 Å². The van der Waals surface area contributed by atoms with Crippen molar-refractivity contribution in [2.24, 2.45) is 0 Å².